The second-order valence-corrected chi connectivity index (χ2v) is 10.2. The molecule has 2 saturated heterocycles. The Labute approximate surface area is 173 Å². The number of likely N-dealkylation sites (tertiary alicyclic amines) is 1. The summed E-state index contributed by atoms with van der Waals surface area (Å²) < 4.78 is 33.4. The number of nitrogens with zero attached hydrogens (tertiary/aromatic N) is 2. The molecular weight excluding hydrogens is 396 g/mol. The third-order valence-electron chi connectivity index (χ3n) is 5.38. The molecule has 2 fully saturated rings. The van der Waals surface area contributed by atoms with Gasteiger partial charge in [-0.05, 0) is 56.4 Å². The number of thiol groups is 1. The normalized spacial score (nSPS) is 23.7. The minimum atomic E-state index is -3.77. The average Bonchev–Trinajstić information content (AvgIpc) is 3.11. The van der Waals surface area contributed by atoms with Crippen molar-refractivity contribution in [3.8, 4) is 5.75 Å². The fourth-order valence-electron chi connectivity index (χ4n) is 3.78. The lowest BCUT2D eigenvalue weighted by atomic mass is 10.1. The van der Waals surface area contributed by atoms with Crippen molar-refractivity contribution >= 4 is 28.6 Å². The van der Waals surface area contributed by atoms with Gasteiger partial charge in [-0.3, -0.25) is 4.79 Å². The van der Waals surface area contributed by atoms with Gasteiger partial charge in [0.25, 0.3) is 0 Å². The van der Waals surface area contributed by atoms with E-state index in [0.29, 0.717) is 31.9 Å². The molecule has 0 aliphatic carbocycles. The third-order valence-corrected chi connectivity index (χ3v) is 7.65. The summed E-state index contributed by atoms with van der Waals surface area (Å²) >= 11 is 4.48. The van der Waals surface area contributed by atoms with Gasteiger partial charge in [0.1, 0.15) is 11.8 Å². The van der Waals surface area contributed by atoms with Crippen LogP contribution in [0.5, 0.6) is 5.75 Å². The predicted octanol–water partition coefficient (Wildman–Crippen LogP) is 2.94. The minimum absolute atomic E-state index is 0.0839. The minimum Gasteiger partial charge on any atom is -0.494 e. The Morgan fingerprint density at radius 2 is 1.86 bits per heavy atom. The zero-order valence-corrected chi connectivity index (χ0v) is 18.1. The summed E-state index contributed by atoms with van der Waals surface area (Å²) in [5, 5.41) is -0.134. The number of hydrogen-bond donors (Lipinski definition) is 1. The van der Waals surface area contributed by atoms with Gasteiger partial charge in [0.15, 0.2) is 0 Å². The molecule has 6 nitrogen and oxygen atoms in total. The van der Waals surface area contributed by atoms with Crippen LogP contribution in [0.2, 0.25) is 0 Å². The van der Waals surface area contributed by atoms with Gasteiger partial charge in [-0.2, -0.15) is 16.9 Å². The highest BCUT2D eigenvalue weighted by molar-refractivity contribution is 7.89. The number of unbranched alkanes of at least 4 members (excludes halogenated alkanes) is 1. The maximum Gasteiger partial charge on any atom is 0.243 e. The highest BCUT2D eigenvalue weighted by Crippen LogP contribution is 2.31. The number of sulfonamides is 1. The molecule has 3 rings (SSSR count). The number of amides is 1. The standard InChI is InChI=1S/C20H30N2O4S2/c1-2-3-13-26-16-7-9-18(10-8-16)28(24,25)22-15-17(27)14-19(22)20(23)21-11-5-4-6-12-21/h7-10,17,19,27H,2-6,11-15H2,1H3/t17-,19-/m0/s1. The van der Waals surface area contributed by atoms with E-state index in [2.05, 4.69) is 19.6 Å². The fourth-order valence-corrected chi connectivity index (χ4v) is 5.90. The topological polar surface area (TPSA) is 66.9 Å². The van der Waals surface area contributed by atoms with E-state index in [1.807, 2.05) is 4.90 Å². The maximum absolute atomic E-state index is 13.2. The zero-order chi connectivity index (χ0) is 20.1. The van der Waals surface area contributed by atoms with Gasteiger partial charge in [0.2, 0.25) is 15.9 Å². The second-order valence-electron chi connectivity index (χ2n) is 7.54. The number of hydrogen-bond acceptors (Lipinski definition) is 5. The Hall–Kier alpha value is -1.25. The molecule has 0 unspecified atom stereocenters. The van der Waals surface area contributed by atoms with Crippen LogP contribution in [0, 0.1) is 0 Å². The molecule has 2 atom stereocenters. The molecule has 2 aliphatic rings. The van der Waals surface area contributed by atoms with Crippen LogP contribution in [-0.2, 0) is 14.8 Å². The van der Waals surface area contributed by atoms with E-state index in [0.717, 1.165) is 32.1 Å². The van der Waals surface area contributed by atoms with Crippen LogP contribution in [-0.4, -0.2) is 61.1 Å². The molecule has 28 heavy (non-hydrogen) atoms. The van der Waals surface area contributed by atoms with Gasteiger partial charge in [0, 0.05) is 24.9 Å². The van der Waals surface area contributed by atoms with Gasteiger partial charge >= 0.3 is 0 Å². The molecule has 1 aromatic rings. The lowest BCUT2D eigenvalue weighted by Crippen LogP contribution is -2.49. The van der Waals surface area contributed by atoms with E-state index < -0.39 is 16.1 Å². The molecule has 156 valence electrons. The average molecular weight is 427 g/mol. The highest BCUT2D eigenvalue weighted by atomic mass is 32.2. The van der Waals surface area contributed by atoms with E-state index in [1.165, 1.54) is 4.31 Å². The zero-order valence-electron chi connectivity index (χ0n) is 16.4. The van der Waals surface area contributed by atoms with Crippen LogP contribution in [0.15, 0.2) is 29.2 Å². The van der Waals surface area contributed by atoms with Crippen molar-refractivity contribution in [3.05, 3.63) is 24.3 Å². The largest absolute Gasteiger partial charge is 0.494 e. The predicted molar refractivity (Wildman–Crippen MR) is 112 cm³/mol. The molecule has 0 aromatic heterocycles. The molecule has 2 heterocycles. The summed E-state index contributed by atoms with van der Waals surface area (Å²) in [5.41, 5.74) is 0. The van der Waals surface area contributed by atoms with E-state index >= 15 is 0 Å². The van der Waals surface area contributed by atoms with Crippen molar-refractivity contribution in [1.29, 1.82) is 0 Å². The summed E-state index contributed by atoms with van der Waals surface area (Å²) in [5.74, 6) is 0.571. The van der Waals surface area contributed by atoms with Gasteiger partial charge in [0.05, 0.1) is 11.5 Å². The lowest BCUT2D eigenvalue weighted by molar-refractivity contribution is -0.135. The van der Waals surface area contributed by atoms with E-state index in [1.54, 1.807) is 24.3 Å². The van der Waals surface area contributed by atoms with E-state index in [-0.39, 0.29) is 22.6 Å². The SMILES string of the molecule is CCCCOc1ccc(S(=O)(=O)N2C[C@@H](S)C[C@H]2C(=O)N2CCCCC2)cc1. The quantitative estimate of drug-likeness (QED) is 0.538. The van der Waals surface area contributed by atoms with Crippen LogP contribution >= 0.6 is 12.6 Å². The van der Waals surface area contributed by atoms with Crippen LogP contribution < -0.4 is 4.74 Å². The van der Waals surface area contributed by atoms with Crippen LogP contribution in [0.1, 0.15) is 45.4 Å². The Balaban J connectivity index is 1.75. The molecule has 2 aliphatic heterocycles. The number of carbonyl (C=O) groups excluding carboxylic acids is 1. The van der Waals surface area contributed by atoms with Crippen LogP contribution in [0.25, 0.3) is 0 Å². The number of benzene rings is 1. The van der Waals surface area contributed by atoms with Crippen molar-refractivity contribution in [2.24, 2.45) is 0 Å². The van der Waals surface area contributed by atoms with Crippen molar-refractivity contribution in [2.75, 3.05) is 26.2 Å². The first kappa shape index (κ1) is 21.5. The smallest absolute Gasteiger partial charge is 0.243 e. The van der Waals surface area contributed by atoms with Crippen molar-refractivity contribution in [1.82, 2.24) is 9.21 Å². The number of rotatable bonds is 7. The van der Waals surface area contributed by atoms with Crippen LogP contribution in [0.4, 0.5) is 0 Å². The van der Waals surface area contributed by atoms with E-state index in [4.69, 9.17) is 4.74 Å². The molecule has 0 spiro atoms. The Kier molecular flexibility index (Phi) is 7.28. The Morgan fingerprint density at radius 1 is 1.18 bits per heavy atom. The first-order valence-corrected chi connectivity index (χ1v) is 12.1. The molecule has 0 bridgehead atoms. The van der Waals surface area contributed by atoms with Crippen molar-refractivity contribution < 1.29 is 17.9 Å². The third kappa shape index (κ3) is 4.83. The fraction of sp³-hybridized carbons (Fsp3) is 0.650. The molecule has 0 saturated carbocycles. The van der Waals surface area contributed by atoms with Gasteiger partial charge in [-0.25, -0.2) is 8.42 Å². The maximum atomic E-state index is 13.2. The van der Waals surface area contributed by atoms with Gasteiger partial charge in [-0.1, -0.05) is 13.3 Å². The molecule has 1 amide bonds. The Bertz CT molecular complexity index is 761. The lowest BCUT2D eigenvalue weighted by Gasteiger charge is -2.32. The summed E-state index contributed by atoms with van der Waals surface area (Å²) in [6, 6.07) is 5.82. The van der Waals surface area contributed by atoms with Gasteiger partial charge < -0.3 is 9.64 Å². The summed E-state index contributed by atoms with van der Waals surface area (Å²) in [4.78, 5) is 15.0. The second kappa shape index (κ2) is 9.50. The molecule has 8 heteroatoms. The molecule has 1 aromatic carbocycles. The molecule has 0 N–H and O–H groups in total. The first-order chi connectivity index (χ1) is 13.4. The Morgan fingerprint density at radius 3 is 2.50 bits per heavy atom. The van der Waals surface area contributed by atoms with Crippen molar-refractivity contribution in [3.63, 3.8) is 0 Å². The monoisotopic (exact) mass is 426 g/mol. The van der Waals surface area contributed by atoms with Crippen LogP contribution in [0.3, 0.4) is 0 Å². The number of piperidine rings is 1. The summed E-state index contributed by atoms with van der Waals surface area (Å²) in [6.07, 6.45) is 5.54. The first-order valence-electron chi connectivity index (χ1n) is 10.1. The van der Waals surface area contributed by atoms with Gasteiger partial charge in [-0.15, -0.1) is 0 Å². The summed E-state index contributed by atoms with van der Waals surface area (Å²) in [7, 11) is -3.77. The molecule has 0 radical (unpaired) electrons. The number of ether oxygens (including phenoxy) is 1. The van der Waals surface area contributed by atoms with Crippen molar-refractivity contribution in [2.45, 2.75) is 61.6 Å². The molecular formula is C20H30N2O4S2. The number of carbonyl (C=O) groups is 1. The highest BCUT2D eigenvalue weighted by Gasteiger charge is 2.44. The summed E-state index contributed by atoms with van der Waals surface area (Å²) in [6.45, 7) is 4.38. The van der Waals surface area contributed by atoms with E-state index in [9.17, 15) is 13.2 Å².